The molecule has 8 heteroatoms. The lowest BCUT2D eigenvalue weighted by atomic mass is 10.2. The average molecular weight is 425 g/mol. The van der Waals surface area contributed by atoms with E-state index in [1.807, 2.05) is 6.92 Å². The second-order valence-electron chi connectivity index (χ2n) is 6.46. The summed E-state index contributed by atoms with van der Waals surface area (Å²) in [6.07, 6.45) is 3.81. The van der Waals surface area contributed by atoms with Crippen molar-refractivity contribution in [2.45, 2.75) is 52.2 Å². The van der Waals surface area contributed by atoms with Gasteiger partial charge in [0, 0.05) is 36.1 Å². The van der Waals surface area contributed by atoms with Crippen molar-refractivity contribution >= 4 is 21.8 Å². The quantitative estimate of drug-likeness (QED) is 0.741. The minimum Gasteiger partial charge on any atom is -0.337 e. The molecular weight excluding hydrogens is 403 g/mol. The molecule has 0 bridgehead atoms. The molecule has 1 aromatic heterocycles. The van der Waals surface area contributed by atoms with Crippen LogP contribution in [0.5, 0.6) is 0 Å². The van der Waals surface area contributed by atoms with Crippen molar-refractivity contribution in [2.24, 2.45) is 0 Å². The highest BCUT2D eigenvalue weighted by Gasteiger charge is 2.20. The largest absolute Gasteiger partial charge is 0.346 e. The number of fused-ring (bicyclic) bond motifs is 1. The third kappa shape index (κ3) is 4.06. The molecule has 0 radical (unpaired) electrons. The molecule has 0 atom stereocenters. The first kappa shape index (κ1) is 18.8. The second kappa shape index (κ2) is 8.16. The Bertz CT molecular complexity index is 861. The van der Waals surface area contributed by atoms with Gasteiger partial charge in [-0.05, 0) is 38.0 Å². The maximum atomic E-state index is 14.0. The van der Waals surface area contributed by atoms with E-state index in [2.05, 4.69) is 21.0 Å². The predicted octanol–water partition coefficient (Wildman–Crippen LogP) is 2.72. The molecule has 1 aliphatic heterocycles. The molecule has 0 saturated heterocycles. The highest BCUT2D eigenvalue weighted by molar-refractivity contribution is 9.10. The summed E-state index contributed by atoms with van der Waals surface area (Å²) < 4.78 is 17.7. The van der Waals surface area contributed by atoms with Gasteiger partial charge in [0.2, 0.25) is 5.91 Å². The lowest BCUT2D eigenvalue weighted by Crippen LogP contribution is -2.37. The Kier molecular flexibility index (Phi) is 5.90. The van der Waals surface area contributed by atoms with Crippen LogP contribution < -0.4 is 5.69 Å². The number of nitrogens with zero attached hydrogens (tertiary/aromatic N) is 4. The first-order chi connectivity index (χ1) is 12.5. The first-order valence-corrected chi connectivity index (χ1v) is 9.67. The standard InChI is InChI=1S/C18H22BrFN4O2/c1-2-22(11-13-10-14(19)7-8-15(13)20)17(25)12-24-18(26)23-9-5-3-4-6-16(23)21-24/h7-8,10H,2-6,9,11-12H2,1H3. The summed E-state index contributed by atoms with van der Waals surface area (Å²) >= 11 is 3.32. The van der Waals surface area contributed by atoms with Crippen molar-refractivity contribution in [1.82, 2.24) is 19.2 Å². The molecule has 26 heavy (non-hydrogen) atoms. The van der Waals surface area contributed by atoms with E-state index in [0.29, 0.717) is 18.7 Å². The number of amides is 1. The molecule has 140 valence electrons. The van der Waals surface area contributed by atoms with E-state index in [0.717, 1.165) is 36.0 Å². The number of aryl methyl sites for hydroxylation is 1. The van der Waals surface area contributed by atoms with Crippen LogP contribution in [0, 0.1) is 5.82 Å². The normalized spacial score (nSPS) is 14.0. The van der Waals surface area contributed by atoms with Crippen molar-refractivity contribution in [3.8, 4) is 0 Å². The molecule has 3 rings (SSSR count). The Balaban J connectivity index is 1.76. The van der Waals surface area contributed by atoms with Crippen molar-refractivity contribution in [3.63, 3.8) is 0 Å². The number of halogens is 2. The number of hydrogen-bond acceptors (Lipinski definition) is 3. The molecule has 1 amide bonds. The van der Waals surface area contributed by atoms with E-state index in [1.165, 1.54) is 15.6 Å². The van der Waals surface area contributed by atoms with Crippen LogP contribution >= 0.6 is 15.9 Å². The van der Waals surface area contributed by atoms with E-state index in [9.17, 15) is 14.0 Å². The van der Waals surface area contributed by atoms with E-state index >= 15 is 0 Å². The van der Waals surface area contributed by atoms with E-state index in [4.69, 9.17) is 0 Å². The van der Waals surface area contributed by atoms with Gasteiger partial charge in [-0.1, -0.05) is 22.4 Å². The van der Waals surface area contributed by atoms with Gasteiger partial charge in [0.25, 0.3) is 0 Å². The molecule has 6 nitrogen and oxygen atoms in total. The number of likely N-dealkylation sites (N-methyl/N-ethyl adjacent to an activating group) is 1. The minimum atomic E-state index is -0.356. The first-order valence-electron chi connectivity index (χ1n) is 8.87. The summed E-state index contributed by atoms with van der Waals surface area (Å²) in [5, 5.41) is 4.34. The molecule has 1 aliphatic rings. The Morgan fingerprint density at radius 2 is 2.15 bits per heavy atom. The molecule has 0 fully saturated rings. The number of rotatable bonds is 5. The van der Waals surface area contributed by atoms with Gasteiger partial charge in [-0.25, -0.2) is 13.9 Å². The SMILES string of the molecule is CCN(Cc1cc(Br)ccc1F)C(=O)Cn1nc2n(c1=O)CCCCC2. The van der Waals surface area contributed by atoms with E-state index < -0.39 is 0 Å². The third-order valence-electron chi connectivity index (χ3n) is 4.67. The van der Waals surface area contributed by atoms with E-state index in [1.54, 1.807) is 16.7 Å². The van der Waals surface area contributed by atoms with Crippen LogP contribution in [-0.4, -0.2) is 31.7 Å². The fourth-order valence-corrected chi connectivity index (χ4v) is 3.61. The molecule has 2 heterocycles. The fraction of sp³-hybridized carbons (Fsp3) is 0.500. The third-order valence-corrected chi connectivity index (χ3v) is 5.16. The number of aromatic nitrogens is 3. The summed E-state index contributed by atoms with van der Waals surface area (Å²) in [5.74, 6) is 0.147. The number of benzene rings is 1. The average Bonchev–Trinajstić information content (AvgIpc) is 2.78. The van der Waals surface area contributed by atoms with Gasteiger partial charge in [0.1, 0.15) is 18.2 Å². The molecular formula is C18H22BrFN4O2. The van der Waals surface area contributed by atoms with E-state index in [-0.39, 0.29) is 30.5 Å². The van der Waals surface area contributed by atoms with Gasteiger partial charge in [0.05, 0.1) is 0 Å². The summed E-state index contributed by atoms with van der Waals surface area (Å²) in [7, 11) is 0. The minimum absolute atomic E-state index is 0.123. The molecule has 0 saturated carbocycles. The van der Waals surface area contributed by atoms with Gasteiger partial charge < -0.3 is 4.90 Å². The van der Waals surface area contributed by atoms with Gasteiger partial charge in [-0.3, -0.25) is 9.36 Å². The Labute approximate surface area is 159 Å². The molecule has 0 unspecified atom stereocenters. The van der Waals surface area contributed by atoms with Crippen LogP contribution in [0.25, 0.3) is 0 Å². The monoisotopic (exact) mass is 424 g/mol. The van der Waals surface area contributed by atoms with Crippen LogP contribution in [0.1, 0.15) is 37.6 Å². The molecule has 1 aromatic carbocycles. The zero-order valence-corrected chi connectivity index (χ0v) is 16.3. The smallest absolute Gasteiger partial charge is 0.337 e. The molecule has 2 aromatic rings. The van der Waals surface area contributed by atoms with Gasteiger partial charge >= 0.3 is 5.69 Å². The lowest BCUT2D eigenvalue weighted by Gasteiger charge is -2.21. The van der Waals surface area contributed by atoms with Crippen LogP contribution in [0.15, 0.2) is 27.5 Å². The van der Waals surface area contributed by atoms with Crippen LogP contribution in [-0.2, 0) is 30.8 Å². The topological polar surface area (TPSA) is 60.1 Å². The highest BCUT2D eigenvalue weighted by atomic mass is 79.9. The number of hydrogen-bond donors (Lipinski definition) is 0. The predicted molar refractivity (Wildman–Crippen MR) is 99.2 cm³/mol. The van der Waals surface area contributed by atoms with Crippen LogP contribution in [0.4, 0.5) is 4.39 Å². The Morgan fingerprint density at radius 3 is 2.92 bits per heavy atom. The maximum Gasteiger partial charge on any atom is 0.346 e. The Morgan fingerprint density at radius 1 is 1.35 bits per heavy atom. The van der Waals surface area contributed by atoms with Crippen molar-refractivity contribution in [2.75, 3.05) is 6.54 Å². The van der Waals surface area contributed by atoms with Crippen molar-refractivity contribution in [1.29, 1.82) is 0 Å². The van der Waals surface area contributed by atoms with Crippen molar-refractivity contribution in [3.05, 3.63) is 50.4 Å². The summed E-state index contributed by atoms with van der Waals surface area (Å²) in [6, 6.07) is 4.65. The molecule has 0 aliphatic carbocycles. The van der Waals surface area contributed by atoms with Gasteiger partial charge in [0.15, 0.2) is 0 Å². The summed E-state index contributed by atoms with van der Waals surface area (Å²) in [6.45, 7) is 2.94. The highest BCUT2D eigenvalue weighted by Crippen LogP contribution is 2.17. The van der Waals surface area contributed by atoms with Crippen LogP contribution in [0.3, 0.4) is 0 Å². The second-order valence-corrected chi connectivity index (χ2v) is 7.38. The lowest BCUT2D eigenvalue weighted by molar-refractivity contribution is -0.132. The van der Waals surface area contributed by atoms with Crippen LogP contribution in [0.2, 0.25) is 0 Å². The number of carbonyl (C=O) groups excluding carboxylic acids is 1. The zero-order valence-electron chi connectivity index (χ0n) is 14.8. The van der Waals surface area contributed by atoms with Gasteiger partial charge in [-0.2, -0.15) is 5.10 Å². The maximum absolute atomic E-state index is 14.0. The number of carbonyl (C=O) groups is 1. The molecule has 0 spiro atoms. The molecule has 0 N–H and O–H groups in total. The van der Waals surface area contributed by atoms with Gasteiger partial charge in [-0.15, -0.1) is 0 Å². The zero-order chi connectivity index (χ0) is 18.7. The summed E-state index contributed by atoms with van der Waals surface area (Å²) in [4.78, 5) is 26.7. The van der Waals surface area contributed by atoms with Crippen molar-refractivity contribution < 1.29 is 9.18 Å². The Hall–Kier alpha value is -1.96. The summed E-state index contributed by atoms with van der Waals surface area (Å²) in [5.41, 5.74) is 0.197. The fourth-order valence-electron chi connectivity index (χ4n) is 3.20.